The largest absolute Gasteiger partial charge is 0.481 e. The fourth-order valence-electron chi connectivity index (χ4n) is 3.74. The van der Waals surface area contributed by atoms with Crippen LogP contribution in [0.15, 0.2) is 6.07 Å². The molecular weight excluding hydrogens is 258 g/mol. The van der Waals surface area contributed by atoms with Crippen molar-refractivity contribution in [3.8, 4) is 5.88 Å². The molecule has 2 aliphatic carbocycles. The lowest BCUT2D eigenvalue weighted by atomic mass is 9.84. The molecule has 4 atom stereocenters. The number of carbonyl (C=O) groups is 1. The van der Waals surface area contributed by atoms with Crippen LogP contribution in [-0.4, -0.2) is 34.2 Å². The maximum absolute atomic E-state index is 11.5. The minimum atomic E-state index is -0.701. The normalized spacial score (nSPS) is 31.3. The predicted molar refractivity (Wildman–Crippen MR) is 72.7 cm³/mol. The second-order valence-electron chi connectivity index (χ2n) is 5.71. The van der Waals surface area contributed by atoms with E-state index in [1.54, 1.807) is 20.1 Å². The van der Waals surface area contributed by atoms with Crippen LogP contribution in [0.4, 0.5) is 5.82 Å². The first-order valence-corrected chi connectivity index (χ1v) is 6.97. The average molecular weight is 277 g/mol. The number of hydrogen-bond donors (Lipinski definition) is 2. The molecule has 3 rings (SSSR count). The fraction of sp³-hybridized carbons (Fsp3) is 0.643. The number of carboxylic acids is 1. The van der Waals surface area contributed by atoms with Gasteiger partial charge in [0.05, 0.1) is 13.0 Å². The quantitative estimate of drug-likeness (QED) is 0.871. The van der Waals surface area contributed by atoms with E-state index in [2.05, 4.69) is 15.3 Å². The summed E-state index contributed by atoms with van der Waals surface area (Å²) in [5.74, 6) is 1.49. The third kappa shape index (κ3) is 2.19. The van der Waals surface area contributed by atoms with Crippen LogP contribution in [0.3, 0.4) is 0 Å². The van der Waals surface area contributed by atoms with E-state index in [4.69, 9.17) is 4.74 Å². The summed E-state index contributed by atoms with van der Waals surface area (Å²) < 4.78 is 5.13. The van der Waals surface area contributed by atoms with Crippen molar-refractivity contribution in [1.82, 2.24) is 9.97 Å². The van der Waals surface area contributed by atoms with E-state index in [9.17, 15) is 9.90 Å². The molecule has 4 unspecified atom stereocenters. The van der Waals surface area contributed by atoms with Crippen LogP contribution in [0.1, 0.15) is 25.1 Å². The molecule has 6 heteroatoms. The Morgan fingerprint density at radius 2 is 2.15 bits per heavy atom. The molecule has 1 heterocycles. The zero-order valence-electron chi connectivity index (χ0n) is 11.7. The predicted octanol–water partition coefficient (Wildman–Crippen LogP) is 1.70. The van der Waals surface area contributed by atoms with Crippen molar-refractivity contribution in [1.29, 1.82) is 0 Å². The number of methoxy groups -OCH3 is 1. The van der Waals surface area contributed by atoms with Gasteiger partial charge in [0, 0.05) is 12.1 Å². The number of ether oxygens (including phenoxy) is 1. The summed E-state index contributed by atoms with van der Waals surface area (Å²) in [6, 6.07) is 1.68. The second kappa shape index (κ2) is 4.92. The Kier molecular flexibility index (Phi) is 3.23. The minimum absolute atomic E-state index is 0.0368. The molecule has 0 saturated heterocycles. The monoisotopic (exact) mass is 277 g/mol. The smallest absolute Gasteiger partial charge is 0.308 e. The third-order valence-electron chi connectivity index (χ3n) is 4.54. The third-order valence-corrected chi connectivity index (χ3v) is 4.54. The van der Waals surface area contributed by atoms with E-state index in [0.29, 0.717) is 29.4 Å². The number of hydrogen-bond acceptors (Lipinski definition) is 5. The number of rotatable bonds is 4. The van der Waals surface area contributed by atoms with E-state index in [-0.39, 0.29) is 12.0 Å². The highest BCUT2D eigenvalue weighted by molar-refractivity contribution is 5.73. The molecule has 2 saturated carbocycles. The summed E-state index contributed by atoms with van der Waals surface area (Å²) >= 11 is 0. The summed E-state index contributed by atoms with van der Waals surface area (Å²) in [7, 11) is 1.56. The van der Waals surface area contributed by atoms with E-state index in [1.165, 1.54) is 0 Å². The molecule has 108 valence electrons. The van der Waals surface area contributed by atoms with Gasteiger partial charge in [-0.25, -0.2) is 4.98 Å². The van der Waals surface area contributed by atoms with E-state index < -0.39 is 5.97 Å². The first-order chi connectivity index (χ1) is 9.58. The lowest BCUT2D eigenvalue weighted by Gasteiger charge is -2.29. The van der Waals surface area contributed by atoms with Crippen molar-refractivity contribution in [2.45, 2.75) is 32.2 Å². The Hall–Kier alpha value is -1.85. The summed E-state index contributed by atoms with van der Waals surface area (Å²) in [5, 5.41) is 12.7. The van der Waals surface area contributed by atoms with Crippen LogP contribution in [0.25, 0.3) is 0 Å². The Bertz CT molecular complexity index is 534. The standard InChI is InChI=1S/C14H19N3O3/c1-7-15-10(6-11(16-7)20-2)17-13-9-4-3-8(5-9)12(13)14(18)19/h6,8-9,12-13H,3-5H2,1-2H3,(H,18,19)(H,15,16,17). The second-order valence-corrected chi connectivity index (χ2v) is 5.71. The number of nitrogens with one attached hydrogen (secondary N) is 1. The number of aliphatic carboxylic acids is 1. The Labute approximate surface area is 117 Å². The van der Waals surface area contributed by atoms with Gasteiger partial charge >= 0.3 is 5.97 Å². The van der Waals surface area contributed by atoms with Crippen LogP contribution < -0.4 is 10.1 Å². The van der Waals surface area contributed by atoms with Gasteiger partial charge in [0.2, 0.25) is 5.88 Å². The van der Waals surface area contributed by atoms with Crippen molar-refractivity contribution in [3.05, 3.63) is 11.9 Å². The zero-order valence-corrected chi connectivity index (χ0v) is 11.7. The van der Waals surface area contributed by atoms with Gasteiger partial charge in [0.25, 0.3) is 0 Å². The lowest BCUT2D eigenvalue weighted by Crippen LogP contribution is -2.39. The van der Waals surface area contributed by atoms with Gasteiger partial charge in [-0.2, -0.15) is 4.98 Å². The highest BCUT2D eigenvalue weighted by Gasteiger charge is 2.51. The molecule has 2 fully saturated rings. The zero-order chi connectivity index (χ0) is 14.3. The van der Waals surface area contributed by atoms with Crippen molar-refractivity contribution in [3.63, 3.8) is 0 Å². The molecular formula is C14H19N3O3. The molecule has 0 aliphatic heterocycles. The maximum atomic E-state index is 11.5. The number of aromatic nitrogens is 2. The first-order valence-electron chi connectivity index (χ1n) is 6.97. The molecule has 6 nitrogen and oxygen atoms in total. The van der Waals surface area contributed by atoms with Crippen LogP contribution in [0.2, 0.25) is 0 Å². The van der Waals surface area contributed by atoms with Gasteiger partial charge in [-0.15, -0.1) is 0 Å². The van der Waals surface area contributed by atoms with Gasteiger partial charge in [0.15, 0.2) is 0 Å². The van der Waals surface area contributed by atoms with Gasteiger partial charge in [-0.1, -0.05) is 0 Å². The van der Waals surface area contributed by atoms with E-state index >= 15 is 0 Å². The molecule has 1 aromatic heterocycles. The van der Waals surface area contributed by atoms with Crippen molar-refractivity contribution in [2.75, 3.05) is 12.4 Å². The molecule has 20 heavy (non-hydrogen) atoms. The highest BCUT2D eigenvalue weighted by Crippen LogP contribution is 2.49. The summed E-state index contributed by atoms with van der Waals surface area (Å²) in [6.07, 6.45) is 3.15. The SMILES string of the molecule is COc1cc(NC2C3CCC(C3)C2C(=O)O)nc(C)n1. The number of fused-ring (bicyclic) bond motifs is 2. The van der Waals surface area contributed by atoms with Crippen molar-refractivity contribution < 1.29 is 14.6 Å². The van der Waals surface area contributed by atoms with Gasteiger partial charge in [0.1, 0.15) is 11.6 Å². The first kappa shape index (κ1) is 13.1. The molecule has 2 bridgehead atoms. The Morgan fingerprint density at radius 3 is 2.85 bits per heavy atom. The molecule has 0 aromatic carbocycles. The molecule has 1 aromatic rings. The molecule has 2 N–H and O–H groups in total. The van der Waals surface area contributed by atoms with Gasteiger partial charge in [-0.05, 0) is 38.0 Å². The van der Waals surface area contributed by atoms with E-state index in [1.807, 2.05) is 0 Å². The number of anilines is 1. The molecule has 0 spiro atoms. The molecule has 2 aliphatic rings. The van der Waals surface area contributed by atoms with Crippen molar-refractivity contribution in [2.24, 2.45) is 17.8 Å². The maximum Gasteiger partial charge on any atom is 0.308 e. The number of carboxylic acid groups (broad SMARTS) is 1. The number of aryl methyl sites for hydroxylation is 1. The van der Waals surface area contributed by atoms with Crippen molar-refractivity contribution >= 4 is 11.8 Å². The Balaban J connectivity index is 1.83. The van der Waals surface area contributed by atoms with E-state index in [0.717, 1.165) is 19.3 Å². The average Bonchev–Trinajstić information content (AvgIpc) is 2.98. The topological polar surface area (TPSA) is 84.3 Å². The summed E-state index contributed by atoms with van der Waals surface area (Å²) in [5.41, 5.74) is 0. The van der Waals surface area contributed by atoms with Gasteiger partial charge < -0.3 is 15.2 Å². The molecule has 0 radical (unpaired) electrons. The van der Waals surface area contributed by atoms with Crippen LogP contribution in [0.5, 0.6) is 5.88 Å². The van der Waals surface area contributed by atoms with Gasteiger partial charge in [-0.3, -0.25) is 4.79 Å². The van der Waals surface area contributed by atoms with Crippen LogP contribution in [0, 0.1) is 24.7 Å². The highest BCUT2D eigenvalue weighted by atomic mass is 16.5. The summed E-state index contributed by atoms with van der Waals surface area (Å²) in [6.45, 7) is 1.79. The fourth-order valence-corrected chi connectivity index (χ4v) is 3.74. The summed E-state index contributed by atoms with van der Waals surface area (Å²) in [4.78, 5) is 20.0. The molecule has 0 amide bonds. The lowest BCUT2D eigenvalue weighted by molar-refractivity contribution is -0.143. The number of nitrogens with zero attached hydrogens (tertiary/aromatic N) is 2. The minimum Gasteiger partial charge on any atom is -0.481 e. The Morgan fingerprint density at radius 1 is 1.40 bits per heavy atom. The van der Waals surface area contributed by atoms with Crippen LogP contribution in [-0.2, 0) is 4.79 Å². The van der Waals surface area contributed by atoms with Crippen LogP contribution >= 0.6 is 0 Å².